The molecule has 0 radical (unpaired) electrons. The third kappa shape index (κ3) is 13.7. The predicted octanol–water partition coefficient (Wildman–Crippen LogP) is 11.1. The van der Waals surface area contributed by atoms with Crippen molar-refractivity contribution in [2.24, 2.45) is 0 Å². The minimum Gasteiger partial charge on any atom is -0.456 e. The van der Waals surface area contributed by atoms with Gasteiger partial charge < -0.3 is 24.8 Å². The van der Waals surface area contributed by atoms with Crippen LogP contribution < -0.4 is 15.4 Å². The number of carbonyl (C=O) groups is 4. The molecule has 0 saturated heterocycles. The lowest BCUT2D eigenvalue weighted by atomic mass is 10.1. The van der Waals surface area contributed by atoms with Crippen LogP contribution in [0.25, 0.3) is 0 Å². The van der Waals surface area contributed by atoms with Crippen LogP contribution >= 0.6 is 34.8 Å². The number of hydrogen-bond donors (Lipinski definition) is 2. The van der Waals surface area contributed by atoms with E-state index in [0.29, 0.717) is 21.7 Å². The van der Waals surface area contributed by atoms with Gasteiger partial charge >= 0.3 is 11.9 Å². The van der Waals surface area contributed by atoms with Crippen molar-refractivity contribution in [2.75, 3.05) is 0 Å². The molecule has 3 aromatic carbocycles. The summed E-state index contributed by atoms with van der Waals surface area (Å²) in [4.78, 5) is 57.3. The first kappa shape index (κ1) is 47.1. The van der Waals surface area contributed by atoms with Crippen LogP contribution in [-0.4, -0.2) is 44.9 Å². The summed E-state index contributed by atoms with van der Waals surface area (Å²) in [5, 5.41) is 6.14. The number of nitrogens with one attached hydrogen (secondary N) is 2. The highest BCUT2D eigenvalue weighted by Crippen LogP contribution is 2.30. The van der Waals surface area contributed by atoms with Gasteiger partial charge in [-0.05, 0) is 115 Å². The average molecular weight is 884 g/mol. The topological polar surface area (TPSA) is 146 Å². The fourth-order valence-electron chi connectivity index (χ4n) is 5.13. The second-order valence-corrected chi connectivity index (χ2v) is 16.5. The summed E-state index contributed by atoms with van der Waals surface area (Å²) in [6.07, 6.45) is 2.57. The molecule has 11 nitrogen and oxygen atoms in total. The zero-order valence-corrected chi connectivity index (χ0v) is 36.2. The number of hydrogen-bond acceptors (Lipinski definition) is 9. The molecule has 0 aliphatic heterocycles. The molecule has 0 fully saturated rings. The number of nitrogens with zero attached hydrogens (tertiary/aromatic N) is 2. The minimum absolute atomic E-state index is 0.0828. The van der Waals surface area contributed by atoms with Crippen molar-refractivity contribution in [1.82, 2.24) is 20.6 Å². The van der Waals surface area contributed by atoms with E-state index in [9.17, 15) is 28.0 Å². The molecule has 60 heavy (non-hydrogen) atoms. The number of amides is 2. The van der Waals surface area contributed by atoms with Crippen molar-refractivity contribution < 1.29 is 42.2 Å². The van der Waals surface area contributed by atoms with Gasteiger partial charge in [0.15, 0.2) is 11.6 Å². The molecule has 2 atom stereocenters. The SMILES string of the molecule is C[C@H](NC(=O)c1cc(Cl)cnc1Cl)c1ccc(C(=O)OC(C)(C)C)cc1.C[C@H](NC(=O)c1cc(Cl)cnc1Oc1c(F)cccc1F)c1ccc(C(=O)OC(C)(C)C)cc1. The first-order valence-electron chi connectivity index (χ1n) is 18.4. The largest absolute Gasteiger partial charge is 0.456 e. The van der Waals surface area contributed by atoms with Gasteiger partial charge in [-0.1, -0.05) is 65.1 Å². The number of esters is 2. The van der Waals surface area contributed by atoms with E-state index in [0.717, 1.165) is 17.7 Å². The molecular weight excluding hydrogens is 841 g/mol. The summed E-state index contributed by atoms with van der Waals surface area (Å²) in [5.74, 6) is -4.72. The fourth-order valence-corrected chi connectivity index (χ4v) is 5.64. The third-order valence-corrected chi connectivity index (χ3v) is 8.73. The number of aromatic nitrogens is 2. The van der Waals surface area contributed by atoms with Gasteiger partial charge in [-0.3, -0.25) is 9.59 Å². The molecule has 5 aromatic rings. The smallest absolute Gasteiger partial charge is 0.338 e. The minimum atomic E-state index is -0.943. The summed E-state index contributed by atoms with van der Waals surface area (Å²) < 4.78 is 44.0. The van der Waals surface area contributed by atoms with E-state index >= 15 is 0 Å². The Labute approximate surface area is 361 Å². The molecule has 0 spiro atoms. The van der Waals surface area contributed by atoms with Gasteiger partial charge in [-0.15, -0.1) is 0 Å². The van der Waals surface area contributed by atoms with Crippen molar-refractivity contribution in [3.8, 4) is 11.6 Å². The lowest BCUT2D eigenvalue weighted by molar-refractivity contribution is 0.00570. The average Bonchev–Trinajstić information content (AvgIpc) is 3.16. The van der Waals surface area contributed by atoms with Crippen molar-refractivity contribution >= 4 is 58.6 Å². The molecular formula is C44H43Cl3F2N4O7. The Morgan fingerprint density at radius 3 is 1.45 bits per heavy atom. The van der Waals surface area contributed by atoms with Gasteiger partial charge in [0.1, 0.15) is 21.9 Å². The molecule has 2 aromatic heterocycles. The summed E-state index contributed by atoms with van der Waals surface area (Å²) in [6, 6.07) is 18.6. The van der Waals surface area contributed by atoms with Gasteiger partial charge in [0.2, 0.25) is 11.6 Å². The Hall–Kier alpha value is -5.63. The van der Waals surface area contributed by atoms with Gasteiger partial charge in [0.05, 0.1) is 38.8 Å². The maximum Gasteiger partial charge on any atom is 0.338 e. The standard InChI is InChI=1S/C25H23ClF2N2O4.C19H20Cl2N2O3/c1-14(15-8-10-16(11-9-15)24(32)34-25(2,3)4)30-22(31)18-12-17(26)13-29-23(18)33-21-19(27)6-5-7-20(21)28;1-11(23-17(24)15-9-14(20)10-22-16(15)21)12-5-7-13(8-6-12)18(25)26-19(2,3)4/h5-14H,1-4H3,(H,30,31);5-11H,1-4H3,(H,23,24)/t14-;11-/m00/s1. The van der Waals surface area contributed by atoms with Crippen LogP contribution in [0, 0.1) is 11.6 Å². The molecule has 16 heteroatoms. The second-order valence-electron chi connectivity index (χ2n) is 15.3. The molecule has 0 bridgehead atoms. The van der Waals surface area contributed by atoms with E-state index in [2.05, 4.69) is 20.6 Å². The number of rotatable bonds is 10. The van der Waals surface area contributed by atoms with Crippen molar-refractivity contribution in [3.05, 3.63) is 151 Å². The Kier molecular flexibility index (Phi) is 15.8. The number of benzene rings is 3. The van der Waals surface area contributed by atoms with E-state index in [1.807, 2.05) is 27.7 Å². The number of pyridine rings is 2. The molecule has 2 amide bonds. The molecule has 2 N–H and O–H groups in total. The molecule has 2 heterocycles. The van der Waals surface area contributed by atoms with Gasteiger partial charge in [0.25, 0.3) is 11.8 Å². The van der Waals surface area contributed by atoms with Crippen LogP contribution in [0.2, 0.25) is 15.2 Å². The first-order valence-corrected chi connectivity index (χ1v) is 19.5. The summed E-state index contributed by atoms with van der Waals surface area (Å²) in [6.45, 7) is 14.3. The Bertz CT molecular complexity index is 2330. The van der Waals surface area contributed by atoms with E-state index in [1.54, 1.807) is 76.2 Å². The monoisotopic (exact) mass is 882 g/mol. The Morgan fingerprint density at radius 1 is 0.617 bits per heavy atom. The fraction of sp³-hybridized carbons (Fsp3) is 0.273. The zero-order chi connectivity index (χ0) is 44.5. The number of carbonyl (C=O) groups excluding carboxylic acids is 4. The van der Waals surface area contributed by atoms with E-state index in [1.165, 1.54) is 30.6 Å². The number of para-hydroxylation sites is 1. The van der Waals surface area contributed by atoms with Crippen molar-refractivity contribution in [2.45, 2.75) is 78.7 Å². The molecule has 5 rings (SSSR count). The van der Waals surface area contributed by atoms with Gasteiger partial charge in [-0.2, -0.15) is 0 Å². The predicted molar refractivity (Wildman–Crippen MR) is 225 cm³/mol. The zero-order valence-electron chi connectivity index (χ0n) is 34.0. The highest BCUT2D eigenvalue weighted by atomic mass is 35.5. The van der Waals surface area contributed by atoms with Crippen molar-refractivity contribution in [1.29, 1.82) is 0 Å². The molecule has 0 aliphatic rings. The van der Waals surface area contributed by atoms with Crippen LogP contribution in [0.3, 0.4) is 0 Å². The van der Waals surface area contributed by atoms with Crippen LogP contribution in [0.1, 0.15) is 120 Å². The normalized spacial score (nSPS) is 12.2. The number of ether oxygens (including phenoxy) is 3. The maximum atomic E-state index is 14.0. The maximum absolute atomic E-state index is 14.0. The van der Waals surface area contributed by atoms with E-state index in [4.69, 9.17) is 49.0 Å². The Balaban J connectivity index is 0.000000275. The highest BCUT2D eigenvalue weighted by molar-refractivity contribution is 6.34. The molecule has 0 unspecified atom stereocenters. The third-order valence-electron chi connectivity index (χ3n) is 8.02. The van der Waals surface area contributed by atoms with Crippen LogP contribution in [0.5, 0.6) is 11.6 Å². The van der Waals surface area contributed by atoms with Crippen molar-refractivity contribution in [3.63, 3.8) is 0 Å². The summed E-state index contributed by atoms with van der Waals surface area (Å²) >= 11 is 17.8. The first-order chi connectivity index (χ1) is 28.0. The second kappa shape index (κ2) is 20.1. The van der Waals surface area contributed by atoms with Crippen LogP contribution in [0.4, 0.5) is 8.78 Å². The van der Waals surface area contributed by atoms with Crippen LogP contribution in [0.15, 0.2) is 91.3 Å². The number of halogens is 5. The lowest BCUT2D eigenvalue weighted by Gasteiger charge is -2.20. The Morgan fingerprint density at radius 2 is 1.02 bits per heavy atom. The highest BCUT2D eigenvalue weighted by Gasteiger charge is 2.23. The summed E-state index contributed by atoms with van der Waals surface area (Å²) in [5.41, 5.74) is 1.29. The van der Waals surface area contributed by atoms with Gasteiger partial charge in [0, 0.05) is 12.4 Å². The van der Waals surface area contributed by atoms with Crippen LogP contribution in [-0.2, 0) is 9.47 Å². The van der Waals surface area contributed by atoms with Gasteiger partial charge in [-0.25, -0.2) is 28.3 Å². The van der Waals surface area contributed by atoms with E-state index < -0.39 is 52.5 Å². The quantitative estimate of drug-likeness (QED) is 0.103. The lowest BCUT2D eigenvalue weighted by Crippen LogP contribution is -2.27. The molecule has 316 valence electrons. The van der Waals surface area contributed by atoms with E-state index in [-0.39, 0.29) is 39.1 Å². The summed E-state index contributed by atoms with van der Waals surface area (Å²) in [7, 11) is 0. The molecule has 0 aliphatic carbocycles. The molecule has 0 saturated carbocycles.